The molecule has 1 unspecified atom stereocenters. The molecule has 1 aromatic carbocycles. The Morgan fingerprint density at radius 2 is 2.20 bits per heavy atom. The molecule has 0 aliphatic carbocycles. The first-order chi connectivity index (χ1) is 9.81. The maximum absolute atomic E-state index is 4.73. The molecule has 1 aromatic heterocycles. The number of benzene rings is 1. The topological polar surface area (TPSA) is 21.1 Å². The summed E-state index contributed by atoms with van der Waals surface area (Å²) in [7, 11) is 0. The van der Waals surface area contributed by atoms with Crippen molar-refractivity contribution in [3.63, 3.8) is 0 Å². The van der Waals surface area contributed by atoms with Gasteiger partial charge in [0.1, 0.15) is 0 Å². The number of fused-ring (bicyclic) bond motifs is 1. The number of thioether (sulfide) groups is 1. The van der Waals surface area contributed by atoms with Crippen molar-refractivity contribution >= 4 is 22.8 Å². The zero-order valence-electron chi connectivity index (χ0n) is 12.4. The van der Waals surface area contributed by atoms with Crippen LogP contribution in [0.1, 0.15) is 26.2 Å². The molecule has 1 aliphatic heterocycles. The highest BCUT2D eigenvalue weighted by Gasteiger charge is 2.23. The van der Waals surface area contributed by atoms with Crippen LogP contribution in [0.15, 0.2) is 29.4 Å². The number of hydrogen-bond donors (Lipinski definition) is 0. The molecule has 0 N–H and O–H groups in total. The summed E-state index contributed by atoms with van der Waals surface area (Å²) in [6, 6.07) is 8.46. The SMILES string of the molecule is CCCC1CCN(Cn2c(SC)nc3ccccc32)C1. The summed E-state index contributed by atoms with van der Waals surface area (Å²) in [4.78, 5) is 7.31. The van der Waals surface area contributed by atoms with E-state index in [1.807, 2.05) is 0 Å². The number of hydrogen-bond acceptors (Lipinski definition) is 3. The van der Waals surface area contributed by atoms with Gasteiger partial charge >= 0.3 is 0 Å². The average Bonchev–Trinajstić information content (AvgIpc) is 3.05. The molecule has 4 heteroatoms. The van der Waals surface area contributed by atoms with Gasteiger partial charge in [0.15, 0.2) is 5.16 Å². The molecule has 2 aromatic rings. The number of likely N-dealkylation sites (tertiary alicyclic amines) is 1. The molecule has 3 rings (SSSR count). The third-order valence-corrected chi connectivity index (χ3v) is 4.89. The normalized spacial score (nSPS) is 20.0. The van der Waals surface area contributed by atoms with Gasteiger partial charge in [0.05, 0.1) is 17.7 Å². The van der Waals surface area contributed by atoms with E-state index in [9.17, 15) is 0 Å². The fourth-order valence-corrected chi connectivity index (χ4v) is 3.80. The van der Waals surface area contributed by atoms with Crippen LogP contribution in [0.4, 0.5) is 0 Å². The minimum absolute atomic E-state index is 0.896. The Hall–Kier alpha value is -1.00. The molecule has 1 saturated heterocycles. The zero-order chi connectivity index (χ0) is 13.9. The summed E-state index contributed by atoms with van der Waals surface area (Å²) < 4.78 is 2.37. The van der Waals surface area contributed by atoms with E-state index in [2.05, 4.69) is 46.9 Å². The van der Waals surface area contributed by atoms with E-state index in [1.165, 1.54) is 37.9 Å². The van der Waals surface area contributed by atoms with Crippen LogP contribution in [0.25, 0.3) is 11.0 Å². The molecular formula is C16H23N3S. The Kier molecular flexibility index (Phi) is 4.32. The Morgan fingerprint density at radius 3 is 3.00 bits per heavy atom. The standard InChI is InChI=1S/C16H23N3S/c1-3-6-13-9-10-18(11-13)12-19-15-8-5-4-7-14(15)17-16(19)20-2/h4-5,7-8,13H,3,6,9-12H2,1-2H3. The number of para-hydroxylation sites is 2. The molecule has 2 heterocycles. The summed E-state index contributed by atoms with van der Waals surface area (Å²) in [6.07, 6.45) is 6.15. The fourth-order valence-electron chi connectivity index (χ4n) is 3.23. The number of aromatic nitrogens is 2. The van der Waals surface area contributed by atoms with Crippen molar-refractivity contribution in [2.45, 2.75) is 38.0 Å². The van der Waals surface area contributed by atoms with Gasteiger partial charge in [0, 0.05) is 13.1 Å². The summed E-state index contributed by atoms with van der Waals surface area (Å²) in [5.74, 6) is 0.896. The number of rotatable bonds is 5. The lowest BCUT2D eigenvalue weighted by atomic mass is 10.0. The molecule has 0 radical (unpaired) electrons. The van der Waals surface area contributed by atoms with Crippen molar-refractivity contribution < 1.29 is 0 Å². The molecule has 1 aliphatic rings. The van der Waals surface area contributed by atoms with Crippen LogP contribution in [0.2, 0.25) is 0 Å². The van der Waals surface area contributed by atoms with Crippen LogP contribution < -0.4 is 0 Å². The number of imidazole rings is 1. The molecule has 3 nitrogen and oxygen atoms in total. The quantitative estimate of drug-likeness (QED) is 0.780. The molecule has 20 heavy (non-hydrogen) atoms. The monoisotopic (exact) mass is 289 g/mol. The van der Waals surface area contributed by atoms with Gasteiger partial charge in [0.25, 0.3) is 0 Å². The van der Waals surface area contributed by atoms with Crippen LogP contribution in [-0.2, 0) is 6.67 Å². The summed E-state index contributed by atoms with van der Waals surface area (Å²) in [5.41, 5.74) is 2.37. The molecule has 0 amide bonds. The minimum Gasteiger partial charge on any atom is -0.305 e. The third-order valence-electron chi connectivity index (χ3n) is 4.21. The fraction of sp³-hybridized carbons (Fsp3) is 0.562. The van der Waals surface area contributed by atoms with Crippen LogP contribution in [0.5, 0.6) is 0 Å². The minimum atomic E-state index is 0.896. The Morgan fingerprint density at radius 1 is 1.35 bits per heavy atom. The van der Waals surface area contributed by atoms with Gasteiger partial charge < -0.3 is 4.57 Å². The first kappa shape index (κ1) is 14.0. The van der Waals surface area contributed by atoms with Gasteiger partial charge in [-0.2, -0.15) is 0 Å². The summed E-state index contributed by atoms with van der Waals surface area (Å²) >= 11 is 1.74. The Bertz CT molecular complexity index is 578. The second-order valence-electron chi connectivity index (χ2n) is 5.68. The van der Waals surface area contributed by atoms with Gasteiger partial charge in [-0.25, -0.2) is 4.98 Å². The Labute approximate surface area is 125 Å². The van der Waals surface area contributed by atoms with Crippen LogP contribution in [0, 0.1) is 5.92 Å². The third kappa shape index (κ3) is 2.72. The van der Waals surface area contributed by atoms with Gasteiger partial charge in [-0.05, 0) is 37.1 Å². The van der Waals surface area contributed by atoms with Crippen molar-refractivity contribution in [1.29, 1.82) is 0 Å². The van der Waals surface area contributed by atoms with E-state index in [0.717, 1.165) is 23.3 Å². The molecule has 1 atom stereocenters. The van der Waals surface area contributed by atoms with Crippen molar-refractivity contribution in [2.24, 2.45) is 5.92 Å². The van der Waals surface area contributed by atoms with Crippen LogP contribution >= 0.6 is 11.8 Å². The lowest BCUT2D eigenvalue weighted by Gasteiger charge is -2.18. The zero-order valence-corrected chi connectivity index (χ0v) is 13.2. The Balaban J connectivity index is 1.80. The molecule has 108 valence electrons. The second kappa shape index (κ2) is 6.19. The van der Waals surface area contributed by atoms with Crippen molar-refractivity contribution in [3.8, 4) is 0 Å². The van der Waals surface area contributed by atoms with E-state index >= 15 is 0 Å². The van der Waals surface area contributed by atoms with Crippen molar-refractivity contribution in [1.82, 2.24) is 14.5 Å². The van der Waals surface area contributed by atoms with Crippen molar-refractivity contribution in [3.05, 3.63) is 24.3 Å². The highest BCUT2D eigenvalue weighted by Crippen LogP contribution is 2.26. The lowest BCUT2D eigenvalue weighted by molar-refractivity contribution is 0.253. The molecular weight excluding hydrogens is 266 g/mol. The average molecular weight is 289 g/mol. The predicted octanol–water partition coefficient (Wildman–Crippen LogP) is 3.84. The maximum Gasteiger partial charge on any atom is 0.169 e. The smallest absolute Gasteiger partial charge is 0.169 e. The van der Waals surface area contributed by atoms with Gasteiger partial charge in [0.2, 0.25) is 0 Å². The maximum atomic E-state index is 4.73. The van der Waals surface area contributed by atoms with Crippen molar-refractivity contribution in [2.75, 3.05) is 19.3 Å². The largest absolute Gasteiger partial charge is 0.305 e. The summed E-state index contributed by atoms with van der Waals surface area (Å²) in [6.45, 7) is 5.74. The first-order valence-electron chi connectivity index (χ1n) is 7.53. The predicted molar refractivity (Wildman–Crippen MR) is 86.1 cm³/mol. The van der Waals surface area contributed by atoms with E-state index < -0.39 is 0 Å². The van der Waals surface area contributed by atoms with Gasteiger partial charge in [-0.15, -0.1) is 0 Å². The van der Waals surface area contributed by atoms with Gasteiger partial charge in [-0.1, -0.05) is 37.2 Å². The lowest BCUT2D eigenvalue weighted by Crippen LogP contribution is -2.24. The van der Waals surface area contributed by atoms with E-state index in [4.69, 9.17) is 4.98 Å². The van der Waals surface area contributed by atoms with E-state index in [0.29, 0.717) is 0 Å². The van der Waals surface area contributed by atoms with Crippen LogP contribution in [-0.4, -0.2) is 33.8 Å². The van der Waals surface area contributed by atoms with Crippen LogP contribution in [0.3, 0.4) is 0 Å². The van der Waals surface area contributed by atoms with E-state index in [1.54, 1.807) is 11.8 Å². The summed E-state index contributed by atoms with van der Waals surface area (Å²) in [5, 5.41) is 1.13. The highest BCUT2D eigenvalue weighted by molar-refractivity contribution is 7.98. The highest BCUT2D eigenvalue weighted by atomic mass is 32.2. The molecule has 1 fully saturated rings. The van der Waals surface area contributed by atoms with E-state index in [-0.39, 0.29) is 0 Å². The molecule has 0 bridgehead atoms. The number of nitrogens with zero attached hydrogens (tertiary/aromatic N) is 3. The first-order valence-corrected chi connectivity index (χ1v) is 8.76. The molecule has 0 saturated carbocycles. The van der Waals surface area contributed by atoms with Gasteiger partial charge in [-0.3, -0.25) is 4.90 Å². The molecule has 0 spiro atoms. The second-order valence-corrected chi connectivity index (χ2v) is 6.45.